The van der Waals surface area contributed by atoms with E-state index in [4.69, 9.17) is 20.7 Å². The SMILES string of the molecule is Nc1cccc(CC(=O)Oc2ccccc2CC(O)O)c1. The second-order valence-electron chi connectivity index (χ2n) is 4.69. The monoisotopic (exact) mass is 287 g/mol. The Morgan fingerprint density at radius 2 is 1.90 bits per heavy atom. The molecule has 0 saturated carbocycles. The lowest BCUT2D eigenvalue weighted by atomic mass is 10.1. The molecule has 5 nitrogen and oxygen atoms in total. The van der Waals surface area contributed by atoms with Crippen molar-refractivity contribution >= 4 is 11.7 Å². The molecule has 4 N–H and O–H groups in total. The summed E-state index contributed by atoms with van der Waals surface area (Å²) in [6, 6.07) is 13.8. The van der Waals surface area contributed by atoms with Gasteiger partial charge in [0.1, 0.15) is 5.75 Å². The number of hydrogen-bond donors (Lipinski definition) is 3. The van der Waals surface area contributed by atoms with Crippen LogP contribution < -0.4 is 10.5 Å². The average molecular weight is 287 g/mol. The summed E-state index contributed by atoms with van der Waals surface area (Å²) in [5.74, 6) is -0.0972. The third-order valence-electron chi connectivity index (χ3n) is 2.90. The minimum absolute atomic E-state index is 0.00172. The van der Waals surface area contributed by atoms with Crippen LogP contribution in [-0.4, -0.2) is 22.5 Å². The van der Waals surface area contributed by atoms with Crippen molar-refractivity contribution in [2.45, 2.75) is 19.1 Å². The van der Waals surface area contributed by atoms with Crippen LogP contribution in [0.3, 0.4) is 0 Å². The summed E-state index contributed by atoms with van der Waals surface area (Å²) in [4.78, 5) is 11.9. The summed E-state index contributed by atoms with van der Waals surface area (Å²) in [6.45, 7) is 0. The molecule has 5 heteroatoms. The van der Waals surface area contributed by atoms with Crippen LogP contribution in [0, 0.1) is 0 Å². The molecule has 2 aromatic rings. The van der Waals surface area contributed by atoms with E-state index in [0.29, 0.717) is 17.0 Å². The van der Waals surface area contributed by atoms with E-state index in [1.165, 1.54) is 0 Å². The number of hydrogen-bond acceptors (Lipinski definition) is 5. The first-order valence-corrected chi connectivity index (χ1v) is 6.54. The summed E-state index contributed by atoms with van der Waals surface area (Å²) in [6.07, 6.45) is -1.39. The second kappa shape index (κ2) is 6.88. The van der Waals surface area contributed by atoms with Gasteiger partial charge in [-0.25, -0.2) is 0 Å². The van der Waals surface area contributed by atoms with Crippen molar-refractivity contribution < 1.29 is 19.7 Å². The molecule has 0 aliphatic heterocycles. The Morgan fingerprint density at radius 1 is 1.14 bits per heavy atom. The lowest BCUT2D eigenvalue weighted by Crippen LogP contribution is -2.14. The molecular formula is C16H17NO4. The van der Waals surface area contributed by atoms with E-state index in [2.05, 4.69) is 0 Å². The van der Waals surface area contributed by atoms with Crippen LogP contribution in [0.25, 0.3) is 0 Å². The Kier molecular flexibility index (Phi) is 4.92. The molecule has 2 rings (SSSR count). The van der Waals surface area contributed by atoms with Gasteiger partial charge >= 0.3 is 5.97 Å². The largest absolute Gasteiger partial charge is 0.426 e. The number of benzene rings is 2. The molecule has 0 atom stereocenters. The number of esters is 1. The summed E-state index contributed by atoms with van der Waals surface area (Å²) in [7, 11) is 0. The fraction of sp³-hybridized carbons (Fsp3) is 0.188. The molecule has 0 radical (unpaired) electrons. The van der Waals surface area contributed by atoms with Gasteiger partial charge in [-0.2, -0.15) is 0 Å². The molecule has 0 unspecified atom stereocenters. The zero-order chi connectivity index (χ0) is 15.2. The number of aliphatic hydroxyl groups excluding tert-OH is 1. The third kappa shape index (κ3) is 4.59. The number of anilines is 1. The molecule has 0 saturated heterocycles. The molecule has 21 heavy (non-hydrogen) atoms. The van der Waals surface area contributed by atoms with Gasteiger partial charge in [0.2, 0.25) is 0 Å². The third-order valence-corrected chi connectivity index (χ3v) is 2.90. The minimum Gasteiger partial charge on any atom is -0.426 e. The number of nitrogens with two attached hydrogens (primary N) is 1. The van der Waals surface area contributed by atoms with E-state index in [1.807, 2.05) is 0 Å². The maximum absolute atomic E-state index is 11.9. The number of carbonyl (C=O) groups excluding carboxylic acids is 1. The van der Waals surface area contributed by atoms with Gasteiger partial charge in [-0.1, -0.05) is 30.3 Å². The standard InChI is InChI=1S/C16H17NO4/c17-13-6-3-4-11(8-13)9-16(20)21-14-7-2-1-5-12(14)10-15(18)19/h1-8,15,18-19H,9-10,17H2. The quantitative estimate of drug-likeness (QED) is 0.333. The highest BCUT2D eigenvalue weighted by Gasteiger charge is 2.12. The van der Waals surface area contributed by atoms with E-state index < -0.39 is 12.3 Å². The Bertz CT molecular complexity index is 625. The smallest absolute Gasteiger partial charge is 0.315 e. The predicted octanol–water partition coefficient (Wildman–Crippen LogP) is 1.27. The van der Waals surface area contributed by atoms with E-state index in [9.17, 15) is 4.79 Å². The van der Waals surface area contributed by atoms with Crippen molar-refractivity contribution in [1.29, 1.82) is 0 Å². The number of para-hydroxylation sites is 1. The maximum atomic E-state index is 11.9. The van der Waals surface area contributed by atoms with E-state index in [0.717, 1.165) is 5.56 Å². The molecule has 0 bridgehead atoms. The first-order chi connectivity index (χ1) is 10.0. The maximum Gasteiger partial charge on any atom is 0.315 e. The first-order valence-electron chi connectivity index (χ1n) is 6.54. The van der Waals surface area contributed by atoms with Gasteiger partial charge in [-0.05, 0) is 29.3 Å². The van der Waals surface area contributed by atoms with Gasteiger partial charge in [-0.3, -0.25) is 4.79 Å². The molecule has 0 aliphatic carbocycles. The molecule has 0 heterocycles. The van der Waals surface area contributed by atoms with Gasteiger partial charge < -0.3 is 20.7 Å². The average Bonchev–Trinajstić information content (AvgIpc) is 2.40. The molecule has 0 aliphatic rings. The first kappa shape index (κ1) is 15.0. The van der Waals surface area contributed by atoms with Crippen LogP contribution in [0.4, 0.5) is 5.69 Å². The van der Waals surface area contributed by atoms with E-state index >= 15 is 0 Å². The van der Waals surface area contributed by atoms with Crippen LogP contribution in [0.15, 0.2) is 48.5 Å². The van der Waals surface area contributed by atoms with Crippen LogP contribution in [0.2, 0.25) is 0 Å². The van der Waals surface area contributed by atoms with Gasteiger partial charge in [0.25, 0.3) is 0 Å². The Morgan fingerprint density at radius 3 is 2.62 bits per heavy atom. The number of ether oxygens (including phenoxy) is 1. The van der Waals surface area contributed by atoms with Crippen LogP contribution in [0.1, 0.15) is 11.1 Å². The van der Waals surface area contributed by atoms with Crippen molar-refractivity contribution in [2.24, 2.45) is 0 Å². The van der Waals surface area contributed by atoms with Crippen molar-refractivity contribution in [3.8, 4) is 5.75 Å². The normalized spacial score (nSPS) is 10.6. The fourth-order valence-electron chi connectivity index (χ4n) is 2.00. The summed E-state index contributed by atoms with van der Waals surface area (Å²) in [5, 5.41) is 18.1. The van der Waals surface area contributed by atoms with E-state index in [-0.39, 0.29) is 12.8 Å². The Labute approximate surface area is 122 Å². The second-order valence-corrected chi connectivity index (χ2v) is 4.69. The number of nitrogen functional groups attached to an aromatic ring is 1. The summed E-state index contributed by atoms with van der Waals surface area (Å²) >= 11 is 0. The minimum atomic E-state index is -1.49. The zero-order valence-corrected chi connectivity index (χ0v) is 11.4. The molecular weight excluding hydrogens is 270 g/mol. The van der Waals surface area contributed by atoms with Crippen molar-refractivity contribution in [3.05, 3.63) is 59.7 Å². The van der Waals surface area contributed by atoms with Crippen LogP contribution in [-0.2, 0) is 17.6 Å². The number of carbonyl (C=O) groups is 1. The van der Waals surface area contributed by atoms with Crippen molar-refractivity contribution in [1.82, 2.24) is 0 Å². The van der Waals surface area contributed by atoms with Crippen molar-refractivity contribution in [2.75, 3.05) is 5.73 Å². The van der Waals surface area contributed by atoms with Crippen LogP contribution >= 0.6 is 0 Å². The number of aliphatic hydroxyl groups is 2. The topological polar surface area (TPSA) is 92.8 Å². The van der Waals surface area contributed by atoms with E-state index in [1.54, 1.807) is 48.5 Å². The van der Waals surface area contributed by atoms with Crippen LogP contribution in [0.5, 0.6) is 5.75 Å². The predicted molar refractivity (Wildman–Crippen MR) is 78.6 cm³/mol. The summed E-state index contributed by atoms with van der Waals surface area (Å²) < 4.78 is 5.29. The zero-order valence-electron chi connectivity index (χ0n) is 11.4. The summed E-state index contributed by atoms with van der Waals surface area (Å²) in [5.41, 5.74) is 7.57. The molecule has 2 aromatic carbocycles. The van der Waals surface area contributed by atoms with Gasteiger partial charge in [0, 0.05) is 12.1 Å². The van der Waals surface area contributed by atoms with Gasteiger partial charge in [0.15, 0.2) is 6.29 Å². The molecule has 0 fully saturated rings. The fourth-order valence-corrected chi connectivity index (χ4v) is 2.00. The molecule has 0 spiro atoms. The highest BCUT2D eigenvalue weighted by Crippen LogP contribution is 2.20. The lowest BCUT2D eigenvalue weighted by Gasteiger charge is -2.11. The number of rotatable bonds is 5. The molecule has 0 amide bonds. The van der Waals surface area contributed by atoms with Gasteiger partial charge in [-0.15, -0.1) is 0 Å². The molecule has 110 valence electrons. The highest BCUT2D eigenvalue weighted by atomic mass is 16.5. The lowest BCUT2D eigenvalue weighted by molar-refractivity contribution is -0.133. The highest BCUT2D eigenvalue weighted by molar-refractivity contribution is 5.75. The van der Waals surface area contributed by atoms with Gasteiger partial charge in [0.05, 0.1) is 6.42 Å². The molecule has 0 aromatic heterocycles. The Hall–Kier alpha value is -2.37. The van der Waals surface area contributed by atoms with Crippen molar-refractivity contribution in [3.63, 3.8) is 0 Å². The Balaban J connectivity index is 2.06.